The van der Waals surface area contributed by atoms with Crippen molar-refractivity contribution < 1.29 is 4.79 Å². The maximum absolute atomic E-state index is 10.3. The lowest BCUT2D eigenvalue weighted by atomic mass is 9.83. The summed E-state index contributed by atoms with van der Waals surface area (Å²) < 4.78 is 0. The topological polar surface area (TPSA) is 80.0 Å². The van der Waals surface area contributed by atoms with Crippen LogP contribution in [0.3, 0.4) is 0 Å². The largest absolute Gasteiger partial charge is 0.345 e. The first-order valence-corrected chi connectivity index (χ1v) is 24.8. The van der Waals surface area contributed by atoms with E-state index in [4.69, 9.17) is 5.73 Å². The van der Waals surface area contributed by atoms with Crippen molar-refractivity contribution in [3.8, 4) is 71.0 Å². The van der Waals surface area contributed by atoms with Crippen LogP contribution in [0.25, 0.3) is 0 Å². The summed E-state index contributed by atoms with van der Waals surface area (Å²) in [7, 11) is 1.90. The van der Waals surface area contributed by atoms with E-state index in [9.17, 15) is 4.79 Å². The fraction of sp³-hybridized carbons (Fsp3) is 0.524. The molecular formula is C63H90N4O. The lowest BCUT2D eigenvalue weighted by Gasteiger charge is -2.27. The summed E-state index contributed by atoms with van der Waals surface area (Å²) >= 11 is 0. The average molecular weight is 919 g/mol. The summed E-state index contributed by atoms with van der Waals surface area (Å²) in [5.74, 6) is 40.2. The molecular weight excluding hydrogens is 829 g/mol. The first kappa shape index (κ1) is 64.4. The van der Waals surface area contributed by atoms with Crippen LogP contribution < -0.4 is 16.4 Å². The predicted octanol–water partition coefficient (Wildman–Crippen LogP) is 13.1. The maximum atomic E-state index is 10.3. The van der Waals surface area contributed by atoms with Crippen molar-refractivity contribution in [3.63, 3.8) is 0 Å². The van der Waals surface area contributed by atoms with E-state index in [1.807, 2.05) is 51.2 Å². The molecule has 1 aliphatic rings. The van der Waals surface area contributed by atoms with Crippen LogP contribution in [0.5, 0.6) is 0 Å². The highest BCUT2D eigenvalue weighted by Gasteiger charge is 2.24. The average Bonchev–Trinajstić information content (AvgIpc) is 3.30. The van der Waals surface area contributed by atoms with Crippen LogP contribution in [-0.4, -0.2) is 36.6 Å². The number of hydrogen-bond donors (Lipinski definition) is 3. The minimum atomic E-state index is -0.150. The summed E-state index contributed by atoms with van der Waals surface area (Å²) in [6.07, 6.45) is 7.78. The summed E-state index contributed by atoms with van der Waals surface area (Å²) in [5, 5.41) is 5.54. The Labute approximate surface area is 418 Å². The van der Waals surface area contributed by atoms with Gasteiger partial charge in [-0.3, -0.25) is 4.79 Å². The highest BCUT2D eigenvalue weighted by atomic mass is 16.1. The summed E-state index contributed by atoms with van der Waals surface area (Å²) in [5.41, 5.74) is 9.38. The number of benzene rings is 2. The third kappa shape index (κ3) is 40.6. The van der Waals surface area contributed by atoms with Crippen molar-refractivity contribution in [2.24, 2.45) is 41.2 Å². The van der Waals surface area contributed by atoms with Crippen molar-refractivity contribution in [3.05, 3.63) is 102 Å². The monoisotopic (exact) mass is 919 g/mol. The van der Waals surface area contributed by atoms with E-state index >= 15 is 0 Å². The molecule has 4 rings (SSSR count). The first-order chi connectivity index (χ1) is 32.0. The molecule has 0 bridgehead atoms. The minimum absolute atomic E-state index is 0.0296. The molecule has 1 saturated carbocycles. The third-order valence-electron chi connectivity index (χ3n) is 9.04. The predicted molar refractivity (Wildman–Crippen MR) is 296 cm³/mol. The normalized spacial score (nSPS) is 12.1. The van der Waals surface area contributed by atoms with Crippen LogP contribution in [0.15, 0.2) is 85.1 Å². The van der Waals surface area contributed by atoms with Crippen LogP contribution in [0, 0.1) is 107 Å². The van der Waals surface area contributed by atoms with E-state index in [-0.39, 0.29) is 16.9 Å². The molecule has 0 saturated heterocycles. The molecule has 5 nitrogen and oxygen atoms in total. The van der Waals surface area contributed by atoms with E-state index < -0.39 is 0 Å². The van der Waals surface area contributed by atoms with Crippen molar-refractivity contribution in [1.82, 2.24) is 15.6 Å². The van der Waals surface area contributed by atoms with Gasteiger partial charge in [-0.25, -0.2) is 4.98 Å². The van der Waals surface area contributed by atoms with Gasteiger partial charge in [0, 0.05) is 54.5 Å². The van der Waals surface area contributed by atoms with Gasteiger partial charge < -0.3 is 16.4 Å². The lowest BCUT2D eigenvalue weighted by Crippen LogP contribution is -2.40. The number of nitrogens with zero attached hydrogens (tertiary/aromatic N) is 1. The van der Waals surface area contributed by atoms with Crippen LogP contribution in [-0.2, 0) is 10.2 Å². The Morgan fingerprint density at radius 1 is 0.618 bits per heavy atom. The molecule has 3 aromatic rings. The smallest absolute Gasteiger partial charge is 0.217 e. The van der Waals surface area contributed by atoms with Gasteiger partial charge in [0.25, 0.3) is 0 Å². The first-order valence-electron chi connectivity index (χ1n) is 24.8. The van der Waals surface area contributed by atoms with Gasteiger partial charge in [-0.05, 0) is 69.8 Å². The van der Waals surface area contributed by atoms with Gasteiger partial charge >= 0.3 is 0 Å². The standard InChI is InChI=1S/C14H18.C13H16.C11H19N.C10H11N.C8H13NO.C7H13N/c1-12(2)10-11-14(3,4)13-8-6-5-7-9-13;1-11(2)9-10-12(3)13-7-5-4-6-8-13;1-10(2)6-9-11(12)7-4-3-5-8-11;1-9(2)6-7-10-5-3-4-8-11-10;1-7(2)5-4-6-9-8(3)10;1-7(2)5-4-6-8-3/h5-9,12H,1-4H3;4-8,11-12H,1-3H3;10H,3-5,7-8,12H2,1-2H3;3-5,8-9H,1-2H3;7H,6H2,1-3H3,(H,9,10);7-8H,6H2,1-3H3. The van der Waals surface area contributed by atoms with Crippen LogP contribution in [0.1, 0.15) is 166 Å². The van der Waals surface area contributed by atoms with Crippen LogP contribution in [0.2, 0.25) is 0 Å². The molecule has 1 heterocycles. The number of rotatable bonds is 4. The molecule has 1 amide bonds. The molecule has 2 aromatic carbocycles. The highest BCUT2D eigenvalue weighted by Crippen LogP contribution is 2.25. The number of aromatic nitrogens is 1. The number of carbonyl (C=O) groups is 1. The third-order valence-corrected chi connectivity index (χ3v) is 9.04. The van der Waals surface area contributed by atoms with E-state index in [0.717, 1.165) is 25.1 Å². The molecule has 1 aromatic heterocycles. The van der Waals surface area contributed by atoms with E-state index in [0.29, 0.717) is 48.0 Å². The molecule has 0 aliphatic heterocycles. The second-order valence-corrected chi connectivity index (χ2v) is 19.2. The molecule has 1 aliphatic carbocycles. The molecule has 68 heavy (non-hydrogen) atoms. The molecule has 1 fully saturated rings. The fourth-order valence-electron chi connectivity index (χ4n) is 5.39. The summed E-state index contributed by atoms with van der Waals surface area (Å²) in [6.45, 7) is 34.2. The van der Waals surface area contributed by atoms with Crippen LogP contribution in [0.4, 0.5) is 0 Å². The van der Waals surface area contributed by atoms with E-state index in [1.165, 1.54) is 37.3 Å². The maximum Gasteiger partial charge on any atom is 0.217 e. The second-order valence-electron chi connectivity index (χ2n) is 19.2. The number of hydrogen-bond acceptors (Lipinski definition) is 4. The highest BCUT2D eigenvalue weighted by molar-refractivity contribution is 5.73. The van der Waals surface area contributed by atoms with Gasteiger partial charge in [0.2, 0.25) is 5.91 Å². The SMILES string of the molecule is CC(=O)NCC#CC(C)C.CC(C)C#CC(C)(C)c1ccccc1.CC(C)C#CC(C)c1ccccc1.CC(C)C#CC1(N)CCCCC1.CC(C)C#Cc1ccccn1.CNCC#CC(C)C. The van der Waals surface area contributed by atoms with Gasteiger partial charge in [0.1, 0.15) is 5.69 Å². The Morgan fingerprint density at radius 2 is 1.10 bits per heavy atom. The zero-order valence-corrected chi connectivity index (χ0v) is 45.5. The molecule has 368 valence electrons. The zero-order chi connectivity index (χ0) is 51.8. The Balaban J connectivity index is 0. The molecule has 1 atom stereocenters. The quantitative estimate of drug-likeness (QED) is 0.228. The van der Waals surface area contributed by atoms with Gasteiger partial charge in [-0.1, -0.05) is 234 Å². The molecule has 0 spiro atoms. The lowest BCUT2D eigenvalue weighted by molar-refractivity contribution is -0.118. The Hall–Kier alpha value is -5.66. The van der Waals surface area contributed by atoms with Crippen LogP contribution >= 0.6 is 0 Å². The van der Waals surface area contributed by atoms with Gasteiger partial charge in [-0.2, -0.15) is 0 Å². The molecule has 0 radical (unpaired) electrons. The second kappa shape index (κ2) is 39.3. The van der Waals surface area contributed by atoms with Gasteiger partial charge in [0.05, 0.1) is 24.0 Å². The van der Waals surface area contributed by atoms with Gasteiger partial charge in [-0.15, -0.1) is 0 Å². The molecule has 1 unspecified atom stereocenters. The minimum Gasteiger partial charge on any atom is -0.345 e. The van der Waals surface area contributed by atoms with E-state index in [1.54, 1.807) is 6.20 Å². The Morgan fingerprint density at radius 3 is 1.56 bits per heavy atom. The van der Waals surface area contributed by atoms with Crippen molar-refractivity contribution in [2.45, 2.75) is 160 Å². The Bertz CT molecular complexity index is 2140. The van der Waals surface area contributed by atoms with Crippen molar-refractivity contribution in [2.75, 3.05) is 20.1 Å². The number of nitrogens with one attached hydrogen (secondary N) is 2. The number of nitrogens with two attached hydrogens (primary N) is 1. The van der Waals surface area contributed by atoms with Crippen molar-refractivity contribution in [1.29, 1.82) is 0 Å². The number of pyridine rings is 1. The molecule has 4 N–H and O–H groups in total. The summed E-state index contributed by atoms with van der Waals surface area (Å²) in [6, 6.07) is 26.6. The number of carbonyl (C=O) groups excluding carboxylic acids is 1. The summed E-state index contributed by atoms with van der Waals surface area (Å²) in [4.78, 5) is 14.4. The molecule has 5 heteroatoms. The fourth-order valence-corrected chi connectivity index (χ4v) is 5.39. The van der Waals surface area contributed by atoms with E-state index in [2.05, 4.69) is 225 Å². The van der Waals surface area contributed by atoms with Crippen molar-refractivity contribution >= 4 is 5.91 Å². The zero-order valence-electron chi connectivity index (χ0n) is 45.5. The number of amides is 1. The van der Waals surface area contributed by atoms with Gasteiger partial charge in [0.15, 0.2) is 0 Å². The Kier molecular flexibility index (Phi) is 37.3.